The third-order valence-corrected chi connectivity index (χ3v) is 4.92. The summed E-state index contributed by atoms with van der Waals surface area (Å²) in [5.41, 5.74) is 7.30. The van der Waals surface area contributed by atoms with E-state index in [1.807, 2.05) is 13.0 Å². The molecule has 4 unspecified atom stereocenters. The number of rotatable bonds is 3. The number of carbonyl (C=O) groups is 1. The first-order chi connectivity index (χ1) is 9.58. The molecular weight excluding hydrogens is 248 g/mol. The van der Waals surface area contributed by atoms with Crippen LogP contribution in [0.3, 0.4) is 0 Å². The van der Waals surface area contributed by atoms with Gasteiger partial charge in [0.2, 0.25) is 5.91 Å². The molecule has 0 aromatic heterocycles. The van der Waals surface area contributed by atoms with Gasteiger partial charge in [-0.25, -0.2) is 0 Å². The van der Waals surface area contributed by atoms with Crippen molar-refractivity contribution in [3.8, 4) is 0 Å². The van der Waals surface area contributed by atoms with Gasteiger partial charge in [0.25, 0.3) is 0 Å². The van der Waals surface area contributed by atoms with Crippen molar-refractivity contribution in [2.45, 2.75) is 56.5 Å². The van der Waals surface area contributed by atoms with E-state index in [9.17, 15) is 4.79 Å². The predicted molar refractivity (Wildman–Crippen MR) is 80.3 cm³/mol. The molecule has 108 valence electrons. The van der Waals surface area contributed by atoms with Gasteiger partial charge in [0.1, 0.15) is 0 Å². The van der Waals surface area contributed by atoms with Gasteiger partial charge in [-0.1, -0.05) is 43.2 Å². The molecule has 2 aliphatic carbocycles. The molecule has 0 heterocycles. The summed E-state index contributed by atoms with van der Waals surface area (Å²) in [6.07, 6.45) is 5.22. The molecule has 1 aromatic carbocycles. The Morgan fingerprint density at radius 1 is 1.30 bits per heavy atom. The summed E-state index contributed by atoms with van der Waals surface area (Å²) >= 11 is 0. The van der Waals surface area contributed by atoms with E-state index in [1.165, 1.54) is 5.56 Å². The average molecular weight is 272 g/mol. The Balaban J connectivity index is 1.58. The van der Waals surface area contributed by atoms with Gasteiger partial charge in [-0.05, 0) is 31.7 Å². The maximum Gasteiger partial charge on any atom is 0.225 e. The highest BCUT2D eigenvalue weighted by Gasteiger charge is 2.43. The lowest BCUT2D eigenvalue weighted by molar-refractivity contribution is -0.128. The zero-order valence-corrected chi connectivity index (χ0v) is 12.1. The lowest BCUT2D eigenvalue weighted by atomic mass is 9.74. The van der Waals surface area contributed by atoms with E-state index >= 15 is 0 Å². The van der Waals surface area contributed by atoms with Crippen LogP contribution >= 0.6 is 0 Å². The van der Waals surface area contributed by atoms with Crippen molar-refractivity contribution in [2.75, 3.05) is 0 Å². The number of carbonyl (C=O) groups excluding carboxylic acids is 1. The number of benzene rings is 1. The summed E-state index contributed by atoms with van der Waals surface area (Å²) in [5, 5.41) is 3.21. The van der Waals surface area contributed by atoms with Crippen LogP contribution in [0.1, 0.15) is 50.5 Å². The van der Waals surface area contributed by atoms with Crippen LogP contribution in [0.5, 0.6) is 0 Å². The summed E-state index contributed by atoms with van der Waals surface area (Å²) < 4.78 is 0. The van der Waals surface area contributed by atoms with Crippen LogP contribution < -0.4 is 11.1 Å². The Morgan fingerprint density at radius 3 is 2.75 bits per heavy atom. The lowest BCUT2D eigenvalue weighted by Gasteiger charge is -2.37. The molecule has 0 saturated heterocycles. The van der Waals surface area contributed by atoms with Crippen LogP contribution in [0.15, 0.2) is 30.3 Å². The van der Waals surface area contributed by atoms with Crippen molar-refractivity contribution < 1.29 is 4.79 Å². The van der Waals surface area contributed by atoms with Crippen molar-refractivity contribution in [3.05, 3.63) is 35.9 Å². The third kappa shape index (κ3) is 2.73. The molecule has 0 radical (unpaired) electrons. The molecule has 3 heteroatoms. The Hall–Kier alpha value is -1.35. The van der Waals surface area contributed by atoms with Gasteiger partial charge in [0.05, 0.1) is 5.92 Å². The molecule has 1 amide bonds. The molecule has 2 saturated carbocycles. The summed E-state index contributed by atoms with van der Waals surface area (Å²) in [6, 6.07) is 10.7. The average Bonchev–Trinajstić information content (AvgIpc) is 3.18. The normalized spacial score (nSPS) is 36.4. The standard InChI is InChI=1S/C17H24N2O/c1-17(18)10-6-5-9-14(17)16(20)19-15-11-13(15)12-7-3-2-4-8-12/h2-4,7-8,13-15H,5-6,9-11,18H2,1H3,(H,19,20). The Labute approximate surface area is 120 Å². The third-order valence-electron chi connectivity index (χ3n) is 4.92. The summed E-state index contributed by atoms with van der Waals surface area (Å²) in [6.45, 7) is 2.03. The van der Waals surface area contributed by atoms with Crippen LogP contribution in [0, 0.1) is 5.92 Å². The Kier molecular flexibility index (Phi) is 3.55. The molecule has 1 aromatic rings. The lowest BCUT2D eigenvalue weighted by Crippen LogP contribution is -2.53. The quantitative estimate of drug-likeness (QED) is 0.888. The zero-order chi connectivity index (χ0) is 14.2. The minimum absolute atomic E-state index is 0.0201. The molecule has 0 bridgehead atoms. The van der Waals surface area contributed by atoms with E-state index in [0.29, 0.717) is 12.0 Å². The van der Waals surface area contributed by atoms with E-state index in [-0.39, 0.29) is 17.4 Å². The van der Waals surface area contributed by atoms with E-state index in [1.54, 1.807) is 0 Å². The van der Waals surface area contributed by atoms with Crippen LogP contribution in [0.25, 0.3) is 0 Å². The second-order valence-electron chi connectivity index (χ2n) is 6.67. The maximum atomic E-state index is 12.4. The minimum atomic E-state index is -0.334. The number of hydrogen-bond donors (Lipinski definition) is 2. The molecule has 3 nitrogen and oxygen atoms in total. The minimum Gasteiger partial charge on any atom is -0.352 e. The van der Waals surface area contributed by atoms with Crippen LogP contribution in [0.2, 0.25) is 0 Å². The van der Waals surface area contributed by atoms with Crippen molar-refractivity contribution in [2.24, 2.45) is 11.7 Å². The summed E-state index contributed by atoms with van der Waals surface area (Å²) in [7, 11) is 0. The highest BCUT2D eigenvalue weighted by Crippen LogP contribution is 2.41. The highest BCUT2D eigenvalue weighted by atomic mass is 16.2. The molecule has 0 spiro atoms. The molecular formula is C17H24N2O. The molecule has 2 aliphatic rings. The van der Waals surface area contributed by atoms with Gasteiger partial charge in [0, 0.05) is 17.5 Å². The smallest absolute Gasteiger partial charge is 0.225 e. The van der Waals surface area contributed by atoms with Gasteiger partial charge >= 0.3 is 0 Å². The Bertz CT molecular complexity index is 483. The van der Waals surface area contributed by atoms with E-state index < -0.39 is 0 Å². The topological polar surface area (TPSA) is 55.1 Å². The summed E-state index contributed by atoms with van der Waals surface area (Å²) in [5.74, 6) is 0.638. The molecule has 20 heavy (non-hydrogen) atoms. The number of nitrogens with two attached hydrogens (primary N) is 1. The molecule has 0 aliphatic heterocycles. The number of nitrogens with one attached hydrogen (secondary N) is 1. The van der Waals surface area contributed by atoms with E-state index in [4.69, 9.17) is 5.73 Å². The number of amides is 1. The monoisotopic (exact) mass is 272 g/mol. The predicted octanol–water partition coefficient (Wildman–Crippen LogP) is 2.57. The fraction of sp³-hybridized carbons (Fsp3) is 0.588. The number of hydrogen-bond acceptors (Lipinski definition) is 2. The fourth-order valence-electron chi connectivity index (χ4n) is 3.50. The summed E-state index contributed by atoms with van der Waals surface area (Å²) in [4.78, 5) is 12.4. The first kappa shape index (κ1) is 13.6. The highest BCUT2D eigenvalue weighted by molar-refractivity contribution is 5.81. The second-order valence-corrected chi connectivity index (χ2v) is 6.67. The first-order valence-corrected chi connectivity index (χ1v) is 7.72. The molecule has 3 rings (SSSR count). The fourth-order valence-corrected chi connectivity index (χ4v) is 3.50. The second kappa shape index (κ2) is 5.21. The van der Waals surface area contributed by atoms with Gasteiger partial charge < -0.3 is 11.1 Å². The molecule has 2 fully saturated rings. The van der Waals surface area contributed by atoms with Gasteiger partial charge in [-0.2, -0.15) is 0 Å². The van der Waals surface area contributed by atoms with Crippen molar-refractivity contribution in [3.63, 3.8) is 0 Å². The largest absolute Gasteiger partial charge is 0.352 e. The van der Waals surface area contributed by atoms with Crippen LogP contribution in [-0.2, 0) is 4.79 Å². The van der Waals surface area contributed by atoms with Gasteiger partial charge in [-0.15, -0.1) is 0 Å². The van der Waals surface area contributed by atoms with E-state index in [0.717, 1.165) is 32.1 Å². The van der Waals surface area contributed by atoms with Crippen molar-refractivity contribution in [1.29, 1.82) is 0 Å². The zero-order valence-electron chi connectivity index (χ0n) is 12.1. The van der Waals surface area contributed by atoms with E-state index in [2.05, 4.69) is 29.6 Å². The molecule has 3 N–H and O–H groups in total. The van der Waals surface area contributed by atoms with Crippen molar-refractivity contribution >= 4 is 5.91 Å². The first-order valence-electron chi connectivity index (χ1n) is 7.72. The van der Waals surface area contributed by atoms with Crippen molar-refractivity contribution in [1.82, 2.24) is 5.32 Å². The van der Waals surface area contributed by atoms with Gasteiger partial charge in [-0.3, -0.25) is 4.79 Å². The van der Waals surface area contributed by atoms with Crippen LogP contribution in [-0.4, -0.2) is 17.5 Å². The SMILES string of the molecule is CC1(N)CCCCC1C(=O)NC1CC1c1ccccc1. The van der Waals surface area contributed by atoms with Crippen LogP contribution in [0.4, 0.5) is 0 Å². The Morgan fingerprint density at radius 2 is 2.05 bits per heavy atom. The maximum absolute atomic E-state index is 12.4. The van der Waals surface area contributed by atoms with Gasteiger partial charge in [0.15, 0.2) is 0 Å². The molecule has 4 atom stereocenters.